The predicted molar refractivity (Wildman–Crippen MR) is 109 cm³/mol. The summed E-state index contributed by atoms with van der Waals surface area (Å²) in [5.41, 5.74) is 6.39. The van der Waals surface area contributed by atoms with Gasteiger partial charge in [0.25, 0.3) is 5.91 Å². The zero-order valence-corrected chi connectivity index (χ0v) is 16.1. The molecule has 3 N–H and O–H groups in total. The van der Waals surface area contributed by atoms with Gasteiger partial charge in [0.05, 0.1) is 5.69 Å². The van der Waals surface area contributed by atoms with E-state index in [2.05, 4.69) is 4.98 Å². The summed E-state index contributed by atoms with van der Waals surface area (Å²) in [5, 5.41) is 2.09. The van der Waals surface area contributed by atoms with E-state index in [1.807, 2.05) is 36.4 Å². The Bertz CT molecular complexity index is 1040. The van der Waals surface area contributed by atoms with E-state index >= 15 is 0 Å². The number of nitrogens with one attached hydrogen (secondary N) is 1. The molecule has 1 aromatic heterocycles. The number of fused-ring (bicyclic) bond motifs is 1. The van der Waals surface area contributed by atoms with Gasteiger partial charge < -0.3 is 15.5 Å². The van der Waals surface area contributed by atoms with E-state index in [9.17, 15) is 9.59 Å². The Kier molecular flexibility index (Phi) is 4.85. The minimum Gasteiger partial charge on any atom is -0.444 e. The van der Waals surface area contributed by atoms with Gasteiger partial charge in [-0.25, -0.2) is 4.79 Å². The highest BCUT2D eigenvalue weighted by atomic mass is 35.5. The first-order valence-electron chi connectivity index (χ1n) is 9.40. The van der Waals surface area contributed by atoms with Gasteiger partial charge in [-0.15, -0.1) is 0 Å². The minimum absolute atomic E-state index is 0.303. The predicted octanol–water partition coefficient (Wildman–Crippen LogP) is 4.83. The van der Waals surface area contributed by atoms with Crippen LogP contribution in [0.15, 0.2) is 48.5 Å². The lowest BCUT2D eigenvalue weighted by molar-refractivity contribution is -0.140. The summed E-state index contributed by atoms with van der Waals surface area (Å²) in [4.78, 5) is 28.4. The Morgan fingerprint density at radius 1 is 1.00 bits per heavy atom. The zero-order valence-electron chi connectivity index (χ0n) is 15.3. The third-order valence-corrected chi connectivity index (χ3v) is 5.67. The number of benzene rings is 2. The lowest BCUT2D eigenvalue weighted by Gasteiger charge is -2.33. The highest BCUT2D eigenvalue weighted by Gasteiger charge is 2.42. The van der Waals surface area contributed by atoms with E-state index in [4.69, 9.17) is 22.1 Å². The molecule has 1 fully saturated rings. The van der Waals surface area contributed by atoms with Gasteiger partial charge in [0.2, 0.25) is 0 Å². The summed E-state index contributed by atoms with van der Waals surface area (Å²) < 4.78 is 5.74. The first kappa shape index (κ1) is 18.6. The SMILES string of the molecule is NC(=O)C1(OC(=O)c2[nH]c(-c3ccccc3)c3cc(Cl)ccc23)CCCCC1. The molecule has 4 rings (SSSR count). The van der Waals surface area contributed by atoms with Crippen molar-refractivity contribution in [3.63, 3.8) is 0 Å². The number of aromatic nitrogens is 1. The number of esters is 1. The van der Waals surface area contributed by atoms with Crippen LogP contribution in [0.4, 0.5) is 0 Å². The average Bonchev–Trinajstić information content (AvgIpc) is 3.08. The molecule has 28 heavy (non-hydrogen) atoms. The average molecular weight is 397 g/mol. The van der Waals surface area contributed by atoms with Crippen LogP contribution in [0, 0.1) is 0 Å². The Morgan fingerprint density at radius 2 is 1.71 bits per heavy atom. The van der Waals surface area contributed by atoms with Crippen molar-refractivity contribution in [2.24, 2.45) is 5.73 Å². The van der Waals surface area contributed by atoms with Gasteiger partial charge >= 0.3 is 5.97 Å². The maximum atomic E-state index is 13.1. The number of hydrogen-bond acceptors (Lipinski definition) is 3. The van der Waals surface area contributed by atoms with Crippen molar-refractivity contribution in [3.8, 4) is 11.3 Å². The maximum absolute atomic E-state index is 13.1. The van der Waals surface area contributed by atoms with Gasteiger partial charge in [-0.2, -0.15) is 0 Å². The fraction of sp³-hybridized carbons (Fsp3) is 0.273. The van der Waals surface area contributed by atoms with Crippen molar-refractivity contribution in [1.29, 1.82) is 0 Å². The number of H-pyrrole nitrogens is 1. The molecule has 0 spiro atoms. The summed E-state index contributed by atoms with van der Waals surface area (Å²) in [6.07, 6.45) is 3.56. The number of carbonyl (C=O) groups excluding carboxylic acids is 2. The first-order chi connectivity index (χ1) is 13.5. The number of hydrogen-bond donors (Lipinski definition) is 2. The van der Waals surface area contributed by atoms with E-state index in [1.54, 1.807) is 12.1 Å². The van der Waals surface area contributed by atoms with Crippen LogP contribution in [0.2, 0.25) is 5.02 Å². The normalized spacial score (nSPS) is 16.0. The van der Waals surface area contributed by atoms with Crippen molar-refractivity contribution in [1.82, 2.24) is 4.98 Å². The van der Waals surface area contributed by atoms with E-state index in [0.717, 1.165) is 35.9 Å². The van der Waals surface area contributed by atoms with Crippen LogP contribution in [0.3, 0.4) is 0 Å². The van der Waals surface area contributed by atoms with E-state index in [0.29, 0.717) is 28.9 Å². The fourth-order valence-electron chi connectivity index (χ4n) is 3.94. The molecule has 0 atom stereocenters. The van der Waals surface area contributed by atoms with Crippen LogP contribution in [0.25, 0.3) is 22.0 Å². The number of nitrogens with two attached hydrogens (primary N) is 1. The quantitative estimate of drug-likeness (QED) is 0.619. The molecule has 0 aliphatic heterocycles. The molecule has 1 aliphatic carbocycles. The lowest BCUT2D eigenvalue weighted by Crippen LogP contribution is -2.49. The molecule has 1 amide bonds. The van der Waals surface area contributed by atoms with Gasteiger partial charge in [-0.05, 0) is 43.4 Å². The fourth-order valence-corrected chi connectivity index (χ4v) is 4.12. The number of aromatic amines is 1. The van der Waals surface area contributed by atoms with Crippen LogP contribution in [-0.4, -0.2) is 22.5 Å². The molecule has 3 aromatic rings. The summed E-state index contributed by atoms with van der Waals surface area (Å²) >= 11 is 6.20. The molecule has 144 valence electrons. The third-order valence-electron chi connectivity index (χ3n) is 5.44. The molecule has 0 bridgehead atoms. The molecule has 1 heterocycles. The molecule has 1 saturated carbocycles. The molecule has 2 aromatic carbocycles. The molecular formula is C22H21ClN2O3. The molecular weight excluding hydrogens is 376 g/mol. The van der Waals surface area contributed by atoms with Gasteiger partial charge in [0.15, 0.2) is 5.60 Å². The van der Waals surface area contributed by atoms with Crippen molar-refractivity contribution < 1.29 is 14.3 Å². The minimum atomic E-state index is -1.23. The second kappa shape index (κ2) is 7.32. The smallest absolute Gasteiger partial charge is 0.356 e. The summed E-state index contributed by atoms with van der Waals surface area (Å²) in [5.74, 6) is -1.15. The van der Waals surface area contributed by atoms with Crippen LogP contribution in [-0.2, 0) is 9.53 Å². The first-order valence-corrected chi connectivity index (χ1v) is 9.78. The topological polar surface area (TPSA) is 85.2 Å². The zero-order chi connectivity index (χ0) is 19.7. The van der Waals surface area contributed by atoms with Crippen LogP contribution >= 0.6 is 11.6 Å². The number of carbonyl (C=O) groups is 2. The summed E-state index contributed by atoms with van der Waals surface area (Å²) in [7, 11) is 0. The van der Waals surface area contributed by atoms with E-state index in [-0.39, 0.29) is 0 Å². The molecule has 0 radical (unpaired) electrons. The largest absolute Gasteiger partial charge is 0.444 e. The van der Waals surface area contributed by atoms with Crippen LogP contribution < -0.4 is 5.73 Å². The van der Waals surface area contributed by atoms with Crippen molar-refractivity contribution in [2.75, 3.05) is 0 Å². The van der Waals surface area contributed by atoms with Gasteiger partial charge in [-0.1, -0.05) is 54.4 Å². The monoisotopic (exact) mass is 396 g/mol. The molecule has 6 heteroatoms. The number of rotatable bonds is 4. The van der Waals surface area contributed by atoms with Gasteiger partial charge in [0.1, 0.15) is 5.69 Å². The third kappa shape index (κ3) is 3.27. The van der Waals surface area contributed by atoms with Gasteiger partial charge in [0, 0.05) is 15.8 Å². The second-order valence-electron chi connectivity index (χ2n) is 7.24. The summed E-state index contributed by atoms with van der Waals surface area (Å²) in [6, 6.07) is 15.0. The second-order valence-corrected chi connectivity index (χ2v) is 7.68. The number of halogens is 1. The number of amides is 1. The Balaban J connectivity index is 1.78. The number of primary amides is 1. The summed E-state index contributed by atoms with van der Waals surface area (Å²) in [6.45, 7) is 0. The van der Waals surface area contributed by atoms with Crippen molar-refractivity contribution in [3.05, 3.63) is 59.2 Å². The molecule has 1 aliphatic rings. The van der Waals surface area contributed by atoms with Gasteiger partial charge in [-0.3, -0.25) is 4.79 Å². The van der Waals surface area contributed by atoms with E-state index in [1.165, 1.54) is 0 Å². The van der Waals surface area contributed by atoms with Crippen molar-refractivity contribution in [2.45, 2.75) is 37.7 Å². The highest BCUT2D eigenvalue weighted by molar-refractivity contribution is 6.31. The molecule has 0 unspecified atom stereocenters. The van der Waals surface area contributed by atoms with E-state index < -0.39 is 17.5 Å². The number of ether oxygens (including phenoxy) is 1. The highest BCUT2D eigenvalue weighted by Crippen LogP contribution is 2.36. The Morgan fingerprint density at radius 3 is 2.39 bits per heavy atom. The van der Waals surface area contributed by atoms with Crippen LogP contribution in [0.1, 0.15) is 42.6 Å². The Labute approximate surface area is 167 Å². The maximum Gasteiger partial charge on any atom is 0.356 e. The molecule has 5 nitrogen and oxygen atoms in total. The van der Waals surface area contributed by atoms with Crippen LogP contribution in [0.5, 0.6) is 0 Å². The standard InChI is InChI=1S/C22H21ClN2O3/c23-15-9-10-16-17(13-15)18(14-7-3-1-4-8-14)25-19(16)20(26)28-22(21(24)27)11-5-2-6-12-22/h1,3-4,7-10,13,25H,2,5-6,11-12H2,(H2,24,27). The van der Waals surface area contributed by atoms with Crippen molar-refractivity contribution >= 4 is 34.2 Å². The molecule has 0 saturated heterocycles. The lowest BCUT2D eigenvalue weighted by atomic mass is 9.84. The Hall–Kier alpha value is -2.79.